The van der Waals surface area contributed by atoms with Gasteiger partial charge >= 0.3 is 0 Å². The predicted molar refractivity (Wildman–Crippen MR) is 55.7 cm³/mol. The lowest BCUT2D eigenvalue weighted by Gasteiger charge is -2.22. The minimum atomic E-state index is 0.226. The van der Waals surface area contributed by atoms with Crippen LogP contribution in [-0.4, -0.2) is 28.0 Å². The molecule has 0 fully saturated rings. The van der Waals surface area contributed by atoms with Crippen LogP contribution in [0.5, 0.6) is 0 Å². The Bertz CT molecular complexity index is 201. The largest absolute Gasteiger partial charge is 0.355 e. The number of hydrogen-bond donors (Lipinski definition) is 0. The highest BCUT2D eigenvalue weighted by atomic mass is 79.9. The van der Waals surface area contributed by atoms with Crippen molar-refractivity contribution in [3.8, 4) is 0 Å². The van der Waals surface area contributed by atoms with Gasteiger partial charge in [-0.25, -0.2) is 0 Å². The Hall–Kier alpha value is -0.700. The highest BCUT2D eigenvalue weighted by Crippen LogP contribution is 2.15. The van der Waals surface area contributed by atoms with Crippen molar-refractivity contribution in [1.29, 1.82) is 0 Å². The standard InChI is InChI=1S/C9H13BrN2/c1-3-5-11-6-7-12(8-11)9(10)4-2/h3-4,6-7,9H,1-2,5,8H2. The highest BCUT2D eigenvalue weighted by Gasteiger charge is 2.14. The van der Waals surface area contributed by atoms with Crippen molar-refractivity contribution in [3.63, 3.8) is 0 Å². The van der Waals surface area contributed by atoms with E-state index in [0.717, 1.165) is 13.2 Å². The summed E-state index contributed by atoms with van der Waals surface area (Å²) >= 11 is 3.49. The summed E-state index contributed by atoms with van der Waals surface area (Å²) in [6, 6.07) is 0. The van der Waals surface area contributed by atoms with Crippen molar-refractivity contribution in [2.24, 2.45) is 0 Å². The van der Waals surface area contributed by atoms with Gasteiger partial charge in [-0.05, 0) is 0 Å². The van der Waals surface area contributed by atoms with Crippen molar-refractivity contribution in [2.45, 2.75) is 4.95 Å². The maximum absolute atomic E-state index is 3.72. The number of hydrogen-bond acceptors (Lipinski definition) is 2. The second-order valence-electron chi connectivity index (χ2n) is 2.62. The van der Waals surface area contributed by atoms with E-state index in [1.54, 1.807) is 0 Å². The van der Waals surface area contributed by atoms with Crippen LogP contribution in [0.4, 0.5) is 0 Å². The fraction of sp³-hybridized carbons (Fsp3) is 0.333. The first-order valence-corrected chi connectivity index (χ1v) is 4.75. The summed E-state index contributed by atoms with van der Waals surface area (Å²) in [6.45, 7) is 9.19. The molecule has 1 atom stereocenters. The van der Waals surface area contributed by atoms with Gasteiger partial charge in [0.2, 0.25) is 0 Å². The molecule has 0 aromatic carbocycles. The molecule has 0 aromatic rings. The first-order chi connectivity index (χ1) is 5.77. The molecule has 0 bridgehead atoms. The third-order valence-corrected chi connectivity index (χ3v) is 2.59. The zero-order valence-electron chi connectivity index (χ0n) is 6.99. The molecular weight excluding hydrogens is 216 g/mol. The molecule has 12 heavy (non-hydrogen) atoms. The number of alkyl halides is 1. The topological polar surface area (TPSA) is 6.48 Å². The number of nitrogens with zero attached hydrogens (tertiary/aromatic N) is 2. The van der Waals surface area contributed by atoms with E-state index in [9.17, 15) is 0 Å². The van der Waals surface area contributed by atoms with Crippen molar-refractivity contribution in [2.75, 3.05) is 13.2 Å². The van der Waals surface area contributed by atoms with Crippen LogP contribution < -0.4 is 0 Å². The van der Waals surface area contributed by atoms with Gasteiger partial charge in [-0.1, -0.05) is 28.1 Å². The van der Waals surface area contributed by atoms with Gasteiger partial charge in [-0.15, -0.1) is 13.2 Å². The summed E-state index contributed by atoms with van der Waals surface area (Å²) in [4.78, 5) is 4.55. The molecule has 66 valence electrons. The monoisotopic (exact) mass is 228 g/mol. The average Bonchev–Trinajstić information content (AvgIpc) is 2.52. The fourth-order valence-corrected chi connectivity index (χ4v) is 1.33. The van der Waals surface area contributed by atoms with Gasteiger partial charge in [0, 0.05) is 18.9 Å². The summed E-state index contributed by atoms with van der Waals surface area (Å²) in [6.07, 6.45) is 7.86. The van der Waals surface area contributed by atoms with Crippen molar-refractivity contribution in [3.05, 3.63) is 37.7 Å². The van der Waals surface area contributed by atoms with Gasteiger partial charge < -0.3 is 9.80 Å². The predicted octanol–water partition coefficient (Wildman–Crippen LogP) is 2.13. The molecule has 1 rings (SSSR count). The van der Waals surface area contributed by atoms with Crippen LogP contribution in [0.25, 0.3) is 0 Å². The molecule has 0 saturated carbocycles. The van der Waals surface area contributed by atoms with Crippen LogP contribution in [0, 0.1) is 0 Å². The van der Waals surface area contributed by atoms with Gasteiger partial charge in [-0.3, -0.25) is 0 Å². The first-order valence-electron chi connectivity index (χ1n) is 3.83. The van der Waals surface area contributed by atoms with Crippen LogP contribution in [0.3, 0.4) is 0 Å². The van der Waals surface area contributed by atoms with Gasteiger partial charge in [0.05, 0.1) is 6.67 Å². The van der Waals surface area contributed by atoms with Gasteiger partial charge in [-0.2, -0.15) is 0 Å². The molecule has 1 unspecified atom stereocenters. The second-order valence-corrected chi connectivity index (χ2v) is 3.56. The third kappa shape index (κ3) is 2.14. The molecule has 0 N–H and O–H groups in total. The van der Waals surface area contributed by atoms with Gasteiger partial charge in [0.25, 0.3) is 0 Å². The first kappa shape index (κ1) is 9.39. The summed E-state index contributed by atoms with van der Waals surface area (Å²) in [5, 5.41) is 0. The third-order valence-electron chi connectivity index (χ3n) is 1.69. The Morgan fingerprint density at radius 2 is 2.25 bits per heavy atom. The van der Waals surface area contributed by atoms with Crippen molar-refractivity contribution in [1.82, 2.24) is 9.80 Å². The normalized spacial score (nSPS) is 18.1. The van der Waals surface area contributed by atoms with Crippen LogP contribution in [0.2, 0.25) is 0 Å². The summed E-state index contributed by atoms with van der Waals surface area (Å²) in [5.41, 5.74) is 0. The van der Waals surface area contributed by atoms with E-state index in [1.807, 2.05) is 18.4 Å². The molecule has 1 aliphatic heterocycles. The van der Waals surface area contributed by atoms with E-state index in [0.29, 0.717) is 0 Å². The van der Waals surface area contributed by atoms with E-state index >= 15 is 0 Å². The van der Waals surface area contributed by atoms with Crippen LogP contribution in [0.1, 0.15) is 0 Å². The molecule has 0 saturated heterocycles. The molecule has 2 nitrogen and oxygen atoms in total. The lowest BCUT2D eigenvalue weighted by Crippen LogP contribution is -2.29. The van der Waals surface area contributed by atoms with E-state index in [2.05, 4.69) is 45.1 Å². The second kappa shape index (κ2) is 4.36. The molecule has 3 heteroatoms. The Morgan fingerprint density at radius 3 is 2.83 bits per heavy atom. The van der Waals surface area contributed by atoms with Gasteiger partial charge in [0.15, 0.2) is 0 Å². The summed E-state index contributed by atoms with van der Waals surface area (Å²) in [7, 11) is 0. The van der Waals surface area contributed by atoms with E-state index in [4.69, 9.17) is 0 Å². The maximum atomic E-state index is 3.72. The zero-order valence-corrected chi connectivity index (χ0v) is 8.57. The van der Waals surface area contributed by atoms with Crippen LogP contribution in [0.15, 0.2) is 37.7 Å². The van der Waals surface area contributed by atoms with E-state index in [1.165, 1.54) is 0 Å². The molecule has 0 amide bonds. The van der Waals surface area contributed by atoms with Crippen molar-refractivity contribution >= 4 is 15.9 Å². The number of rotatable bonds is 4. The molecular formula is C9H13BrN2. The lowest BCUT2D eigenvalue weighted by molar-refractivity contribution is 0.290. The summed E-state index contributed by atoms with van der Waals surface area (Å²) in [5.74, 6) is 0. The average molecular weight is 229 g/mol. The minimum absolute atomic E-state index is 0.226. The van der Waals surface area contributed by atoms with Crippen LogP contribution in [-0.2, 0) is 0 Å². The Morgan fingerprint density at radius 1 is 1.50 bits per heavy atom. The molecule has 0 aromatic heterocycles. The summed E-state index contributed by atoms with van der Waals surface area (Å²) < 4.78 is 0. The highest BCUT2D eigenvalue weighted by molar-refractivity contribution is 9.09. The molecule has 1 heterocycles. The molecule has 0 spiro atoms. The zero-order chi connectivity index (χ0) is 8.97. The molecule has 1 aliphatic rings. The SMILES string of the molecule is C=CCN1C=CN(C(Br)C=C)C1. The molecule has 0 radical (unpaired) electrons. The van der Waals surface area contributed by atoms with E-state index in [-0.39, 0.29) is 4.95 Å². The quantitative estimate of drug-likeness (QED) is 0.414. The lowest BCUT2D eigenvalue weighted by atomic mass is 10.5. The Balaban J connectivity index is 2.41. The van der Waals surface area contributed by atoms with Crippen LogP contribution >= 0.6 is 15.9 Å². The Labute approximate surface area is 82.0 Å². The van der Waals surface area contributed by atoms with Crippen molar-refractivity contribution < 1.29 is 0 Å². The molecule has 0 aliphatic carbocycles. The van der Waals surface area contributed by atoms with Gasteiger partial charge in [0.1, 0.15) is 4.95 Å². The van der Waals surface area contributed by atoms with E-state index < -0.39 is 0 Å². The fourth-order valence-electron chi connectivity index (χ4n) is 1.06. The smallest absolute Gasteiger partial charge is 0.104 e. The number of halogens is 1. The maximum Gasteiger partial charge on any atom is 0.104 e. The Kier molecular flexibility index (Phi) is 3.41. The minimum Gasteiger partial charge on any atom is -0.355 e.